The van der Waals surface area contributed by atoms with E-state index in [0.29, 0.717) is 6.42 Å². The minimum atomic E-state index is -0.545. The van der Waals surface area contributed by atoms with Crippen molar-refractivity contribution in [3.8, 4) is 0 Å². The Kier molecular flexibility index (Phi) is 7.60. The number of fused-ring (bicyclic) bond motifs is 1. The van der Waals surface area contributed by atoms with E-state index in [-0.39, 0.29) is 25.1 Å². The van der Waals surface area contributed by atoms with Crippen LogP contribution in [0.25, 0.3) is 10.9 Å². The number of alkyl carbamates (subject to hydrolysis) is 1. The Morgan fingerprint density at radius 3 is 2.35 bits per heavy atom. The molecule has 1 heterocycles. The number of benzene rings is 3. The molecule has 0 aliphatic carbocycles. The Bertz CT molecular complexity index is 1220. The molecule has 6 heteroatoms. The van der Waals surface area contributed by atoms with Gasteiger partial charge in [-0.05, 0) is 36.1 Å². The van der Waals surface area contributed by atoms with Gasteiger partial charge < -0.3 is 20.4 Å². The van der Waals surface area contributed by atoms with Gasteiger partial charge in [0.2, 0.25) is 5.91 Å². The molecule has 0 saturated heterocycles. The van der Waals surface area contributed by atoms with Gasteiger partial charge in [-0.25, -0.2) is 4.79 Å². The molecule has 4 rings (SSSR count). The molecule has 34 heavy (non-hydrogen) atoms. The number of carbonyl (C=O) groups excluding carboxylic acids is 2. The number of para-hydroxylation sites is 1. The molecule has 0 aliphatic heterocycles. The quantitative estimate of drug-likeness (QED) is 0.327. The summed E-state index contributed by atoms with van der Waals surface area (Å²) in [5, 5.41) is 6.94. The number of ether oxygens (including phenoxy) is 1. The van der Waals surface area contributed by atoms with Crippen LogP contribution in [0.1, 0.15) is 29.7 Å². The maximum atomic E-state index is 13.3. The summed E-state index contributed by atoms with van der Waals surface area (Å²) in [6.45, 7) is 2.30. The highest BCUT2D eigenvalue weighted by Gasteiger charge is 2.23. The molecule has 2 atom stereocenters. The van der Waals surface area contributed by atoms with Crippen LogP contribution >= 0.6 is 0 Å². The largest absolute Gasteiger partial charge is 0.445 e. The third-order valence-electron chi connectivity index (χ3n) is 5.88. The second kappa shape index (κ2) is 11.2. The van der Waals surface area contributed by atoms with E-state index in [0.717, 1.165) is 27.6 Å². The number of nitrogens with one attached hydrogen (secondary N) is 3. The molecule has 3 aromatic carbocycles. The summed E-state index contributed by atoms with van der Waals surface area (Å²) in [5.74, 6) is -0.584. The zero-order chi connectivity index (χ0) is 23.8. The van der Waals surface area contributed by atoms with E-state index >= 15 is 0 Å². The molecule has 0 aliphatic rings. The number of aromatic amines is 1. The van der Waals surface area contributed by atoms with Crippen molar-refractivity contribution in [3.05, 3.63) is 108 Å². The van der Waals surface area contributed by atoms with Crippen LogP contribution in [0.15, 0.2) is 91.1 Å². The van der Waals surface area contributed by atoms with Crippen molar-refractivity contribution in [1.82, 2.24) is 15.6 Å². The first-order valence-electron chi connectivity index (χ1n) is 11.4. The Morgan fingerprint density at radius 2 is 1.59 bits per heavy atom. The number of hydrogen-bond donors (Lipinski definition) is 3. The maximum Gasteiger partial charge on any atom is 0.407 e. The topological polar surface area (TPSA) is 83.2 Å². The number of rotatable bonds is 9. The number of H-pyrrole nitrogens is 1. The van der Waals surface area contributed by atoms with Gasteiger partial charge in [-0.15, -0.1) is 0 Å². The van der Waals surface area contributed by atoms with E-state index < -0.39 is 12.0 Å². The van der Waals surface area contributed by atoms with E-state index in [2.05, 4.69) is 15.6 Å². The van der Waals surface area contributed by atoms with Gasteiger partial charge in [0.25, 0.3) is 0 Å². The van der Waals surface area contributed by atoms with Crippen molar-refractivity contribution in [2.45, 2.75) is 26.0 Å². The SMILES string of the molecule is CC(NC(=O)C(CNC(=O)OCc1ccccc1)Cc1c[nH]c2ccccc12)c1ccccc1. The Balaban J connectivity index is 1.43. The molecule has 174 valence electrons. The summed E-state index contributed by atoms with van der Waals surface area (Å²) in [5.41, 5.74) is 3.98. The molecule has 2 unspecified atom stereocenters. The monoisotopic (exact) mass is 455 g/mol. The molecule has 1 aromatic heterocycles. The van der Waals surface area contributed by atoms with Crippen LogP contribution in [0.5, 0.6) is 0 Å². The predicted octanol–water partition coefficient (Wildman–Crippen LogP) is 5.13. The van der Waals surface area contributed by atoms with E-state index in [1.807, 2.05) is 98.0 Å². The average Bonchev–Trinajstić information content (AvgIpc) is 3.29. The van der Waals surface area contributed by atoms with Gasteiger partial charge in [0.05, 0.1) is 12.0 Å². The smallest absolute Gasteiger partial charge is 0.407 e. The Morgan fingerprint density at radius 1 is 0.912 bits per heavy atom. The fourth-order valence-electron chi connectivity index (χ4n) is 3.96. The number of carbonyl (C=O) groups is 2. The molecule has 0 saturated carbocycles. The summed E-state index contributed by atoms with van der Waals surface area (Å²) in [6, 6.07) is 27.1. The van der Waals surface area contributed by atoms with Gasteiger partial charge in [-0.1, -0.05) is 78.9 Å². The van der Waals surface area contributed by atoms with Crippen molar-refractivity contribution < 1.29 is 14.3 Å². The summed E-state index contributed by atoms with van der Waals surface area (Å²) >= 11 is 0. The van der Waals surface area contributed by atoms with Crippen LogP contribution in [0.3, 0.4) is 0 Å². The van der Waals surface area contributed by atoms with Gasteiger partial charge >= 0.3 is 6.09 Å². The molecule has 6 nitrogen and oxygen atoms in total. The lowest BCUT2D eigenvalue weighted by Crippen LogP contribution is -2.41. The average molecular weight is 456 g/mol. The van der Waals surface area contributed by atoms with E-state index in [1.165, 1.54) is 0 Å². The standard InChI is InChI=1S/C28H29N3O3/c1-20(22-12-6-3-7-13-22)31-27(32)24(16-23-17-29-26-15-9-8-14-25(23)26)18-30-28(33)34-19-21-10-4-2-5-11-21/h2-15,17,20,24,29H,16,18-19H2,1H3,(H,30,33)(H,31,32). The molecule has 2 amide bonds. The van der Waals surface area contributed by atoms with E-state index in [9.17, 15) is 9.59 Å². The van der Waals surface area contributed by atoms with Gasteiger partial charge in [0, 0.05) is 23.6 Å². The molecule has 0 spiro atoms. The Hall–Kier alpha value is -4.06. The van der Waals surface area contributed by atoms with Gasteiger partial charge in [0.15, 0.2) is 0 Å². The molecule has 0 fully saturated rings. The number of amides is 2. The van der Waals surface area contributed by atoms with Crippen LogP contribution in [-0.2, 0) is 22.6 Å². The predicted molar refractivity (Wildman–Crippen MR) is 133 cm³/mol. The van der Waals surface area contributed by atoms with E-state index in [1.54, 1.807) is 0 Å². The van der Waals surface area contributed by atoms with Gasteiger partial charge in [-0.2, -0.15) is 0 Å². The van der Waals surface area contributed by atoms with Crippen molar-refractivity contribution in [3.63, 3.8) is 0 Å². The van der Waals surface area contributed by atoms with Gasteiger partial charge in [0.1, 0.15) is 6.61 Å². The summed E-state index contributed by atoms with van der Waals surface area (Å²) in [4.78, 5) is 28.9. The van der Waals surface area contributed by atoms with Crippen LogP contribution in [0, 0.1) is 5.92 Å². The van der Waals surface area contributed by atoms with Crippen LogP contribution in [-0.4, -0.2) is 23.5 Å². The summed E-state index contributed by atoms with van der Waals surface area (Å²) < 4.78 is 5.33. The summed E-state index contributed by atoms with van der Waals surface area (Å²) in [6.07, 6.45) is 1.87. The first kappa shape index (κ1) is 23.1. The minimum absolute atomic E-state index is 0.120. The van der Waals surface area contributed by atoms with Crippen LogP contribution in [0.2, 0.25) is 0 Å². The second-order valence-corrected chi connectivity index (χ2v) is 8.34. The van der Waals surface area contributed by atoms with E-state index in [4.69, 9.17) is 4.74 Å². The maximum absolute atomic E-state index is 13.3. The third kappa shape index (κ3) is 6.04. The number of aromatic nitrogens is 1. The fraction of sp³-hybridized carbons (Fsp3) is 0.214. The van der Waals surface area contributed by atoms with Crippen molar-refractivity contribution in [2.75, 3.05) is 6.54 Å². The van der Waals surface area contributed by atoms with Crippen molar-refractivity contribution >= 4 is 22.9 Å². The van der Waals surface area contributed by atoms with Crippen LogP contribution < -0.4 is 10.6 Å². The number of hydrogen-bond acceptors (Lipinski definition) is 3. The molecule has 0 radical (unpaired) electrons. The van der Waals surface area contributed by atoms with Crippen molar-refractivity contribution in [1.29, 1.82) is 0 Å². The lowest BCUT2D eigenvalue weighted by molar-refractivity contribution is -0.125. The first-order valence-corrected chi connectivity index (χ1v) is 11.4. The molecular formula is C28H29N3O3. The zero-order valence-electron chi connectivity index (χ0n) is 19.2. The highest BCUT2D eigenvalue weighted by molar-refractivity contribution is 5.85. The highest BCUT2D eigenvalue weighted by Crippen LogP contribution is 2.21. The molecule has 4 aromatic rings. The highest BCUT2D eigenvalue weighted by atomic mass is 16.5. The normalized spacial score (nSPS) is 12.6. The lowest BCUT2D eigenvalue weighted by Gasteiger charge is -2.21. The first-order chi connectivity index (χ1) is 16.6. The molecular weight excluding hydrogens is 426 g/mol. The second-order valence-electron chi connectivity index (χ2n) is 8.34. The Labute approximate surface area is 199 Å². The fourth-order valence-corrected chi connectivity index (χ4v) is 3.96. The molecule has 0 bridgehead atoms. The summed E-state index contributed by atoms with van der Waals surface area (Å²) in [7, 11) is 0. The van der Waals surface area contributed by atoms with Gasteiger partial charge in [-0.3, -0.25) is 4.79 Å². The minimum Gasteiger partial charge on any atom is -0.445 e. The third-order valence-corrected chi connectivity index (χ3v) is 5.88. The lowest BCUT2D eigenvalue weighted by atomic mass is 9.97. The molecule has 3 N–H and O–H groups in total. The van der Waals surface area contributed by atoms with Crippen molar-refractivity contribution in [2.24, 2.45) is 5.92 Å². The van der Waals surface area contributed by atoms with Crippen LogP contribution in [0.4, 0.5) is 4.79 Å². The zero-order valence-corrected chi connectivity index (χ0v) is 19.2.